The molecule has 0 aliphatic rings. The summed E-state index contributed by atoms with van der Waals surface area (Å²) in [5, 5.41) is 27.6. The van der Waals surface area contributed by atoms with Gasteiger partial charge in [-0.3, -0.25) is 0 Å². The topological polar surface area (TPSA) is 118 Å². The van der Waals surface area contributed by atoms with Crippen LogP contribution in [0.4, 0.5) is 5.82 Å². The number of carboxylic acid groups (broad SMARTS) is 1. The molecule has 0 saturated heterocycles. The molecule has 1 aromatic rings. The number of aromatic nitrogens is 2. The van der Waals surface area contributed by atoms with Gasteiger partial charge in [-0.1, -0.05) is 0 Å². The molecule has 1 aromatic heterocycles. The summed E-state index contributed by atoms with van der Waals surface area (Å²) in [5.74, 6) is -1.73. The molecule has 76 valence electrons. The second-order valence-electron chi connectivity index (χ2n) is 2.43. The number of carboxylic acids is 1. The molecule has 0 fully saturated rings. The molecule has 0 aliphatic carbocycles. The maximum absolute atomic E-state index is 10.4. The van der Waals surface area contributed by atoms with Gasteiger partial charge in [0.1, 0.15) is 12.8 Å². The molecule has 0 aromatic carbocycles. The average molecular weight is 201 g/mol. The van der Waals surface area contributed by atoms with Gasteiger partial charge in [-0.2, -0.15) is 4.57 Å². The number of aliphatic hydroxyl groups is 1. The van der Waals surface area contributed by atoms with E-state index in [9.17, 15) is 14.9 Å². The first-order chi connectivity index (χ1) is 6.56. The summed E-state index contributed by atoms with van der Waals surface area (Å²) in [6, 6.07) is 0. The van der Waals surface area contributed by atoms with Crippen molar-refractivity contribution < 1.29 is 19.9 Å². The lowest BCUT2D eigenvalue weighted by molar-refractivity contribution is -0.392. The van der Waals surface area contributed by atoms with E-state index in [4.69, 9.17) is 10.2 Å². The molecule has 0 unspecified atom stereocenters. The fraction of sp³-hybridized carbons (Fsp3) is 0.333. The lowest BCUT2D eigenvalue weighted by Gasteiger charge is -1.99. The summed E-state index contributed by atoms with van der Waals surface area (Å²) in [6.07, 6.45) is 0.911. The molecular weight excluding hydrogens is 194 g/mol. The van der Waals surface area contributed by atoms with E-state index in [0.717, 1.165) is 10.8 Å². The van der Waals surface area contributed by atoms with Crippen LogP contribution in [0.3, 0.4) is 0 Å². The first kappa shape index (κ1) is 10.1. The molecule has 0 amide bonds. The number of carbonyl (C=O) groups is 1. The van der Waals surface area contributed by atoms with Crippen LogP contribution in [0.25, 0.3) is 0 Å². The highest BCUT2D eigenvalue weighted by atomic mass is 16.6. The van der Waals surface area contributed by atoms with Gasteiger partial charge in [0.15, 0.2) is 6.54 Å². The molecule has 0 bridgehead atoms. The number of aliphatic carboxylic acids is 1. The van der Waals surface area contributed by atoms with Gasteiger partial charge < -0.3 is 20.3 Å². The Morgan fingerprint density at radius 2 is 2.36 bits per heavy atom. The fourth-order valence-corrected chi connectivity index (χ4v) is 0.983. The summed E-state index contributed by atoms with van der Waals surface area (Å²) in [5.41, 5.74) is 0. The van der Waals surface area contributed by atoms with Gasteiger partial charge in [0.25, 0.3) is 0 Å². The van der Waals surface area contributed by atoms with Crippen molar-refractivity contribution in [3.8, 4) is 0 Å². The van der Waals surface area contributed by atoms with E-state index < -0.39 is 29.9 Å². The molecule has 2 N–H and O–H groups in total. The second kappa shape index (κ2) is 3.83. The average Bonchev–Trinajstić information content (AvgIpc) is 2.46. The summed E-state index contributed by atoms with van der Waals surface area (Å²) < 4.78 is 0.836. The van der Waals surface area contributed by atoms with E-state index in [1.807, 2.05) is 0 Å². The van der Waals surface area contributed by atoms with Crippen LogP contribution in [0.1, 0.15) is 5.82 Å². The third-order valence-electron chi connectivity index (χ3n) is 1.54. The van der Waals surface area contributed by atoms with Gasteiger partial charge in [0.05, 0.1) is 0 Å². The third kappa shape index (κ3) is 1.85. The molecule has 0 spiro atoms. The lowest BCUT2D eigenvalue weighted by atomic mass is 10.5. The highest BCUT2D eigenvalue weighted by molar-refractivity contribution is 5.67. The molecule has 8 heteroatoms. The predicted octanol–water partition coefficient (Wildman–Crippen LogP) is -0.632. The Morgan fingerprint density at radius 3 is 2.79 bits per heavy atom. The summed E-state index contributed by atoms with van der Waals surface area (Å²) in [4.78, 5) is 23.5. The Labute approximate surface area is 77.6 Å². The number of hydrogen-bond acceptors (Lipinski definition) is 5. The largest absolute Gasteiger partial charge is 0.478 e. The molecular formula is C6H7N3O5. The fourth-order valence-electron chi connectivity index (χ4n) is 0.983. The zero-order chi connectivity index (χ0) is 10.7. The van der Waals surface area contributed by atoms with Crippen LogP contribution in [0.5, 0.6) is 0 Å². The first-order valence-electron chi connectivity index (χ1n) is 3.57. The van der Waals surface area contributed by atoms with Crippen LogP contribution in [0.15, 0.2) is 6.20 Å². The minimum absolute atomic E-state index is 0.0425. The number of aliphatic hydroxyl groups excluding tert-OH is 1. The van der Waals surface area contributed by atoms with Crippen LogP contribution in [0, 0.1) is 10.1 Å². The molecule has 0 radical (unpaired) electrons. The standard InChI is InChI=1S/C6H7N3O5/c10-3-4-7-1-5(9(13)14)8(4)2-6(11)12/h1,10H,2-3H2,(H,11,12). The maximum atomic E-state index is 10.4. The number of imidazole rings is 1. The van der Waals surface area contributed by atoms with Gasteiger partial charge in [-0.15, -0.1) is 0 Å². The molecule has 1 rings (SSSR count). The Hall–Kier alpha value is -1.96. The van der Waals surface area contributed by atoms with Crippen molar-refractivity contribution in [2.75, 3.05) is 0 Å². The van der Waals surface area contributed by atoms with Crippen molar-refractivity contribution >= 4 is 11.8 Å². The van der Waals surface area contributed by atoms with Crippen LogP contribution in [0.2, 0.25) is 0 Å². The highest BCUT2D eigenvalue weighted by Crippen LogP contribution is 2.13. The van der Waals surface area contributed by atoms with Crippen LogP contribution in [-0.2, 0) is 17.9 Å². The lowest BCUT2D eigenvalue weighted by Crippen LogP contribution is -2.14. The summed E-state index contributed by atoms with van der Waals surface area (Å²) >= 11 is 0. The quantitative estimate of drug-likeness (QED) is 0.494. The van der Waals surface area contributed by atoms with E-state index >= 15 is 0 Å². The van der Waals surface area contributed by atoms with Gasteiger partial charge in [0.2, 0.25) is 5.82 Å². The Kier molecular flexibility index (Phi) is 2.77. The smallest absolute Gasteiger partial charge is 0.346 e. The Morgan fingerprint density at radius 1 is 1.71 bits per heavy atom. The van der Waals surface area contributed by atoms with Crippen molar-refractivity contribution in [3.63, 3.8) is 0 Å². The number of nitro groups is 1. The number of hydrogen-bond donors (Lipinski definition) is 2. The predicted molar refractivity (Wildman–Crippen MR) is 42.4 cm³/mol. The molecule has 0 atom stereocenters. The van der Waals surface area contributed by atoms with Gasteiger partial charge in [-0.25, -0.2) is 9.78 Å². The Balaban J connectivity index is 3.12. The van der Waals surface area contributed by atoms with Gasteiger partial charge in [0, 0.05) is 0 Å². The zero-order valence-corrected chi connectivity index (χ0v) is 6.95. The minimum Gasteiger partial charge on any atom is -0.478 e. The van der Waals surface area contributed by atoms with Crippen molar-refractivity contribution in [1.82, 2.24) is 9.55 Å². The molecule has 14 heavy (non-hydrogen) atoms. The maximum Gasteiger partial charge on any atom is 0.346 e. The van der Waals surface area contributed by atoms with Crippen LogP contribution >= 0.6 is 0 Å². The van der Waals surface area contributed by atoms with E-state index in [0.29, 0.717) is 0 Å². The molecule has 8 nitrogen and oxygen atoms in total. The summed E-state index contributed by atoms with van der Waals surface area (Å²) in [6.45, 7) is -1.13. The van der Waals surface area contributed by atoms with E-state index in [2.05, 4.69) is 4.98 Å². The van der Waals surface area contributed by atoms with Crippen molar-refractivity contribution in [3.05, 3.63) is 22.1 Å². The molecule has 0 saturated carbocycles. The monoisotopic (exact) mass is 201 g/mol. The van der Waals surface area contributed by atoms with Crippen LogP contribution in [-0.4, -0.2) is 30.7 Å². The van der Waals surface area contributed by atoms with E-state index in [1.165, 1.54) is 0 Å². The molecule has 0 aliphatic heterocycles. The van der Waals surface area contributed by atoms with Crippen molar-refractivity contribution in [2.24, 2.45) is 0 Å². The normalized spacial score (nSPS) is 10.1. The number of rotatable bonds is 4. The summed E-state index contributed by atoms with van der Waals surface area (Å²) in [7, 11) is 0. The third-order valence-corrected chi connectivity index (χ3v) is 1.54. The SMILES string of the molecule is O=C(O)Cn1c([N+](=O)[O-])cnc1CO. The van der Waals surface area contributed by atoms with E-state index in [-0.39, 0.29) is 5.82 Å². The van der Waals surface area contributed by atoms with Gasteiger partial charge >= 0.3 is 11.8 Å². The van der Waals surface area contributed by atoms with Gasteiger partial charge in [-0.05, 0) is 4.92 Å². The van der Waals surface area contributed by atoms with E-state index in [1.54, 1.807) is 0 Å². The highest BCUT2D eigenvalue weighted by Gasteiger charge is 2.21. The Bertz CT molecular complexity index is 372. The van der Waals surface area contributed by atoms with Crippen molar-refractivity contribution in [2.45, 2.75) is 13.2 Å². The molecule has 1 heterocycles. The minimum atomic E-state index is -1.24. The van der Waals surface area contributed by atoms with Crippen LogP contribution < -0.4 is 0 Å². The zero-order valence-electron chi connectivity index (χ0n) is 6.95. The second-order valence-corrected chi connectivity index (χ2v) is 2.43. The first-order valence-corrected chi connectivity index (χ1v) is 3.57. The number of nitrogens with zero attached hydrogens (tertiary/aromatic N) is 3. The van der Waals surface area contributed by atoms with Crippen molar-refractivity contribution in [1.29, 1.82) is 0 Å².